The number of fused-ring (bicyclic) bond motifs is 1. The summed E-state index contributed by atoms with van der Waals surface area (Å²) in [4.78, 5) is 2.66. The molecule has 0 bridgehead atoms. The molecule has 2 aliphatic rings. The van der Waals surface area contributed by atoms with Crippen LogP contribution in [0.15, 0.2) is 10.5 Å². The van der Waals surface area contributed by atoms with Crippen LogP contribution in [0.3, 0.4) is 0 Å². The lowest BCUT2D eigenvalue weighted by Crippen LogP contribution is -2.46. The van der Waals surface area contributed by atoms with Crippen LogP contribution in [0.2, 0.25) is 0 Å². The van der Waals surface area contributed by atoms with Crippen LogP contribution in [0.25, 0.3) is 0 Å². The van der Waals surface area contributed by atoms with Crippen molar-refractivity contribution >= 4 is 0 Å². The molecule has 0 radical (unpaired) electrons. The highest BCUT2D eigenvalue weighted by atomic mass is 16.3. The second-order valence-electron chi connectivity index (χ2n) is 6.22. The van der Waals surface area contributed by atoms with E-state index in [0.29, 0.717) is 6.54 Å². The Morgan fingerprint density at radius 1 is 1.26 bits per heavy atom. The molecule has 1 saturated carbocycles. The normalized spacial score (nSPS) is 28.3. The second kappa shape index (κ2) is 5.68. The summed E-state index contributed by atoms with van der Waals surface area (Å²) in [6.07, 6.45) is 8.45. The van der Waals surface area contributed by atoms with Crippen molar-refractivity contribution in [2.75, 3.05) is 6.54 Å². The largest absolute Gasteiger partial charge is 0.465 e. The van der Waals surface area contributed by atoms with Gasteiger partial charge in [-0.25, -0.2) is 0 Å². The Morgan fingerprint density at radius 3 is 2.84 bits per heavy atom. The summed E-state index contributed by atoms with van der Waals surface area (Å²) >= 11 is 0. The van der Waals surface area contributed by atoms with Crippen molar-refractivity contribution in [2.24, 2.45) is 11.7 Å². The maximum Gasteiger partial charge on any atom is 0.118 e. The number of piperidine rings is 1. The van der Waals surface area contributed by atoms with Crippen LogP contribution < -0.4 is 5.73 Å². The molecule has 0 amide bonds. The van der Waals surface area contributed by atoms with E-state index in [9.17, 15) is 0 Å². The van der Waals surface area contributed by atoms with Crippen molar-refractivity contribution in [1.29, 1.82) is 0 Å². The molecule has 0 aromatic carbocycles. The molecule has 2 fully saturated rings. The van der Waals surface area contributed by atoms with Gasteiger partial charge >= 0.3 is 0 Å². The van der Waals surface area contributed by atoms with E-state index in [1.54, 1.807) is 0 Å². The molecule has 3 rings (SSSR count). The van der Waals surface area contributed by atoms with Gasteiger partial charge in [0.05, 0.1) is 6.54 Å². The van der Waals surface area contributed by atoms with Crippen LogP contribution in [0.5, 0.6) is 0 Å². The summed E-state index contributed by atoms with van der Waals surface area (Å²) in [7, 11) is 0. The molecular formula is C16H26N2O. The number of aryl methyl sites for hydroxylation is 1. The summed E-state index contributed by atoms with van der Waals surface area (Å²) in [6, 6.07) is 2.95. The highest BCUT2D eigenvalue weighted by molar-refractivity contribution is 5.20. The van der Waals surface area contributed by atoms with Gasteiger partial charge in [-0.15, -0.1) is 0 Å². The van der Waals surface area contributed by atoms with E-state index in [-0.39, 0.29) is 0 Å². The van der Waals surface area contributed by atoms with E-state index < -0.39 is 0 Å². The van der Waals surface area contributed by atoms with E-state index in [4.69, 9.17) is 10.2 Å². The van der Waals surface area contributed by atoms with Crippen molar-refractivity contribution in [3.8, 4) is 0 Å². The predicted octanol–water partition coefficient (Wildman–Crippen LogP) is 3.20. The van der Waals surface area contributed by atoms with Crippen LogP contribution in [0.4, 0.5) is 0 Å². The molecule has 19 heavy (non-hydrogen) atoms. The maximum atomic E-state index is 5.87. The smallest absolute Gasteiger partial charge is 0.118 e. The number of nitrogens with zero attached hydrogens (tertiary/aromatic N) is 1. The lowest BCUT2D eigenvalue weighted by Gasteiger charge is -2.43. The molecule has 1 saturated heterocycles. The summed E-state index contributed by atoms with van der Waals surface area (Å²) in [5.74, 6) is 3.03. The van der Waals surface area contributed by atoms with E-state index in [1.807, 2.05) is 6.92 Å². The van der Waals surface area contributed by atoms with Gasteiger partial charge in [-0.05, 0) is 51.1 Å². The van der Waals surface area contributed by atoms with E-state index in [1.165, 1.54) is 45.1 Å². The van der Waals surface area contributed by atoms with Crippen LogP contribution in [0.1, 0.15) is 55.6 Å². The first-order valence-electron chi connectivity index (χ1n) is 7.80. The van der Waals surface area contributed by atoms with E-state index in [2.05, 4.69) is 11.0 Å². The zero-order valence-corrected chi connectivity index (χ0v) is 12.0. The zero-order chi connectivity index (χ0) is 13.2. The summed E-state index contributed by atoms with van der Waals surface area (Å²) in [6.45, 7) is 4.81. The Bertz CT molecular complexity index is 424. The fraction of sp³-hybridized carbons (Fsp3) is 0.750. The molecule has 106 valence electrons. The second-order valence-corrected chi connectivity index (χ2v) is 6.22. The number of furan rings is 1. The summed E-state index contributed by atoms with van der Waals surface area (Å²) in [5.41, 5.74) is 6.89. The fourth-order valence-corrected chi connectivity index (χ4v) is 3.99. The first kappa shape index (κ1) is 13.2. The molecular weight excluding hydrogens is 236 g/mol. The molecule has 1 aromatic rings. The number of hydrogen-bond donors (Lipinski definition) is 1. The number of hydrogen-bond acceptors (Lipinski definition) is 3. The Balaban J connectivity index is 1.70. The third-order valence-corrected chi connectivity index (χ3v) is 5.01. The third-order valence-electron chi connectivity index (χ3n) is 5.01. The van der Waals surface area contributed by atoms with Gasteiger partial charge in [0.1, 0.15) is 11.5 Å². The van der Waals surface area contributed by atoms with Crippen molar-refractivity contribution < 1.29 is 4.42 Å². The highest BCUT2D eigenvalue weighted by Gasteiger charge is 2.33. The standard InChI is InChI=1S/C16H26N2O/c1-12-14(10-17)9-15(19-12)11-18-8-4-6-13-5-2-3-7-16(13)18/h9,13,16H,2-8,10-11,17H2,1H3/t13-,16-/m1/s1. The summed E-state index contributed by atoms with van der Waals surface area (Å²) < 4.78 is 5.87. The van der Waals surface area contributed by atoms with Gasteiger partial charge in [-0.3, -0.25) is 4.90 Å². The zero-order valence-electron chi connectivity index (χ0n) is 12.0. The predicted molar refractivity (Wildman–Crippen MR) is 76.7 cm³/mol. The molecule has 2 heterocycles. The number of nitrogens with two attached hydrogens (primary N) is 1. The van der Waals surface area contributed by atoms with Crippen LogP contribution in [0, 0.1) is 12.8 Å². The van der Waals surface area contributed by atoms with Gasteiger partial charge in [0.2, 0.25) is 0 Å². The molecule has 0 unspecified atom stereocenters. The maximum absolute atomic E-state index is 5.87. The lowest BCUT2D eigenvalue weighted by molar-refractivity contribution is 0.0493. The van der Waals surface area contributed by atoms with Crippen molar-refractivity contribution in [3.63, 3.8) is 0 Å². The average molecular weight is 262 g/mol. The Labute approximate surface area is 116 Å². The molecule has 2 N–H and O–H groups in total. The molecule has 3 nitrogen and oxygen atoms in total. The molecule has 1 aromatic heterocycles. The summed E-state index contributed by atoms with van der Waals surface area (Å²) in [5, 5.41) is 0. The van der Waals surface area contributed by atoms with E-state index in [0.717, 1.165) is 35.6 Å². The van der Waals surface area contributed by atoms with Gasteiger partial charge in [-0.2, -0.15) is 0 Å². The van der Waals surface area contributed by atoms with Gasteiger partial charge in [0.25, 0.3) is 0 Å². The molecule has 0 spiro atoms. The fourth-order valence-electron chi connectivity index (χ4n) is 3.99. The van der Waals surface area contributed by atoms with Gasteiger partial charge in [0, 0.05) is 18.2 Å². The van der Waals surface area contributed by atoms with Gasteiger partial charge in [0.15, 0.2) is 0 Å². The quantitative estimate of drug-likeness (QED) is 0.909. The van der Waals surface area contributed by atoms with Crippen molar-refractivity contribution in [3.05, 3.63) is 23.2 Å². The Hall–Kier alpha value is -0.800. The first-order valence-corrected chi connectivity index (χ1v) is 7.80. The SMILES string of the molecule is Cc1oc(CN2CCC[C@H]3CCCC[C@H]32)cc1CN. The Kier molecular flexibility index (Phi) is 3.94. The minimum absolute atomic E-state index is 0.585. The Morgan fingerprint density at radius 2 is 2.05 bits per heavy atom. The third kappa shape index (κ3) is 2.72. The van der Waals surface area contributed by atoms with E-state index >= 15 is 0 Å². The topological polar surface area (TPSA) is 42.4 Å². The van der Waals surface area contributed by atoms with Gasteiger partial charge < -0.3 is 10.2 Å². The lowest BCUT2D eigenvalue weighted by atomic mass is 9.78. The first-order chi connectivity index (χ1) is 9.28. The van der Waals surface area contributed by atoms with Crippen molar-refractivity contribution in [1.82, 2.24) is 4.90 Å². The molecule has 3 heteroatoms. The molecule has 1 aliphatic carbocycles. The van der Waals surface area contributed by atoms with Crippen LogP contribution >= 0.6 is 0 Å². The van der Waals surface area contributed by atoms with Crippen LogP contribution in [-0.4, -0.2) is 17.5 Å². The molecule has 2 atom stereocenters. The number of likely N-dealkylation sites (tertiary alicyclic amines) is 1. The number of rotatable bonds is 3. The average Bonchev–Trinajstić information content (AvgIpc) is 2.79. The molecule has 1 aliphatic heterocycles. The monoisotopic (exact) mass is 262 g/mol. The minimum Gasteiger partial charge on any atom is -0.465 e. The highest BCUT2D eigenvalue weighted by Crippen LogP contribution is 2.36. The van der Waals surface area contributed by atoms with Gasteiger partial charge in [-0.1, -0.05) is 12.8 Å². The minimum atomic E-state index is 0.585. The van der Waals surface area contributed by atoms with Crippen LogP contribution in [-0.2, 0) is 13.1 Å². The van der Waals surface area contributed by atoms with Crippen molar-refractivity contribution in [2.45, 2.75) is 64.6 Å².